The van der Waals surface area contributed by atoms with E-state index in [-0.39, 0.29) is 12.5 Å². The lowest BCUT2D eigenvalue weighted by Crippen LogP contribution is -2.45. The van der Waals surface area contributed by atoms with E-state index in [1.54, 1.807) is 6.08 Å². The summed E-state index contributed by atoms with van der Waals surface area (Å²) in [5.74, 6) is -0.0744. The molecule has 0 aliphatic rings. The molecule has 2 atom stereocenters. The molecular weight excluding hydrogens is 771 g/mol. The third-order valence-corrected chi connectivity index (χ3v) is 13.0. The molecule has 4 nitrogen and oxygen atoms in total. The number of amides is 1. The maximum atomic E-state index is 12.5. The second kappa shape index (κ2) is 54.7. The van der Waals surface area contributed by atoms with Crippen molar-refractivity contribution in [3.05, 3.63) is 48.6 Å². The molecule has 0 aromatic carbocycles. The number of unbranched alkanes of at least 4 members (excludes halogenated alkanes) is 39. The predicted octanol–water partition coefficient (Wildman–Crippen LogP) is 18.6. The third kappa shape index (κ3) is 51.2. The molecular formula is C59H111NO3. The molecule has 0 aliphatic heterocycles. The highest BCUT2D eigenvalue weighted by Crippen LogP contribution is 2.16. The topological polar surface area (TPSA) is 69.6 Å². The minimum Gasteiger partial charge on any atom is -0.394 e. The van der Waals surface area contributed by atoms with Crippen LogP contribution in [-0.4, -0.2) is 34.9 Å². The maximum absolute atomic E-state index is 12.5. The molecule has 0 rings (SSSR count). The molecule has 0 fully saturated rings. The molecule has 0 bridgehead atoms. The number of allylic oxidation sites excluding steroid dienone is 7. The Bertz CT molecular complexity index is 1000. The number of hydrogen-bond acceptors (Lipinski definition) is 3. The van der Waals surface area contributed by atoms with E-state index in [4.69, 9.17) is 0 Å². The summed E-state index contributed by atoms with van der Waals surface area (Å²) in [4.78, 5) is 12.5. The monoisotopic (exact) mass is 882 g/mol. The molecule has 63 heavy (non-hydrogen) atoms. The highest BCUT2D eigenvalue weighted by Gasteiger charge is 2.18. The Morgan fingerprint density at radius 2 is 0.619 bits per heavy atom. The van der Waals surface area contributed by atoms with Crippen molar-refractivity contribution in [1.29, 1.82) is 0 Å². The van der Waals surface area contributed by atoms with Gasteiger partial charge in [0.25, 0.3) is 0 Å². The second-order valence-electron chi connectivity index (χ2n) is 19.3. The van der Waals surface area contributed by atoms with Crippen LogP contribution in [-0.2, 0) is 4.79 Å². The van der Waals surface area contributed by atoms with Gasteiger partial charge in [0.1, 0.15) is 0 Å². The van der Waals surface area contributed by atoms with E-state index in [1.807, 2.05) is 6.08 Å². The standard InChI is InChI=1S/C59H111NO3/c1-3-5-7-9-11-13-15-17-19-21-23-24-25-26-27-28-29-30-31-32-33-34-35-37-39-41-43-45-47-49-51-53-55-59(63)60-57(56-61)58(62)54-52-50-48-46-44-42-40-38-36-22-20-18-16-14-12-10-8-6-4-2/h26-27,36,38,44,46,52,54,57-58,61-62H,3-25,28-35,37,39-43,45,47-51,53,55-56H2,1-2H3,(H,60,63)/b27-26-,38-36+,46-44+,54-52+. The van der Waals surface area contributed by atoms with Gasteiger partial charge in [0.15, 0.2) is 0 Å². The lowest BCUT2D eigenvalue weighted by molar-refractivity contribution is -0.123. The Balaban J connectivity index is 3.50. The van der Waals surface area contributed by atoms with Crippen LogP contribution >= 0.6 is 0 Å². The fraction of sp³-hybridized carbons (Fsp3) is 0.847. The van der Waals surface area contributed by atoms with Gasteiger partial charge in [-0.3, -0.25) is 4.79 Å². The Hall–Kier alpha value is -1.65. The van der Waals surface area contributed by atoms with Gasteiger partial charge in [-0.1, -0.05) is 274 Å². The van der Waals surface area contributed by atoms with Gasteiger partial charge in [0.05, 0.1) is 18.8 Å². The highest BCUT2D eigenvalue weighted by atomic mass is 16.3. The zero-order chi connectivity index (χ0) is 45.6. The summed E-state index contributed by atoms with van der Waals surface area (Å²) in [6.45, 7) is 4.32. The number of nitrogens with one attached hydrogen (secondary N) is 1. The number of aliphatic hydroxyl groups is 2. The van der Waals surface area contributed by atoms with Gasteiger partial charge in [0, 0.05) is 6.42 Å². The normalized spacial score (nSPS) is 13.1. The lowest BCUT2D eigenvalue weighted by Gasteiger charge is -2.19. The SMILES string of the molecule is CCCCCCCCCCC/C=C/CC/C=C/CC/C=C/C(O)C(CO)NC(=O)CCCCCCCCCCCCCCCCCC/C=C\CCCCCCCCCCCCCC. The van der Waals surface area contributed by atoms with Crippen LogP contribution in [0.4, 0.5) is 0 Å². The van der Waals surface area contributed by atoms with Crippen molar-refractivity contribution >= 4 is 5.91 Å². The zero-order valence-corrected chi connectivity index (χ0v) is 42.6. The lowest BCUT2D eigenvalue weighted by atomic mass is 10.0. The van der Waals surface area contributed by atoms with Crippen molar-refractivity contribution in [2.75, 3.05) is 6.61 Å². The largest absolute Gasteiger partial charge is 0.394 e. The van der Waals surface area contributed by atoms with Crippen LogP contribution in [0.1, 0.15) is 303 Å². The first-order valence-corrected chi connectivity index (χ1v) is 28.4. The predicted molar refractivity (Wildman–Crippen MR) is 281 cm³/mol. The van der Waals surface area contributed by atoms with Crippen LogP contribution in [0.15, 0.2) is 48.6 Å². The van der Waals surface area contributed by atoms with Gasteiger partial charge in [0.2, 0.25) is 5.91 Å². The van der Waals surface area contributed by atoms with Crippen molar-refractivity contribution in [3.8, 4) is 0 Å². The quantitative estimate of drug-likeness (QED) is 0.0421. The highest BCUT2D eigenvalue weighted by molar-refractivity contribution is 5.76. The molecule has 3 N–H and O–H groups in total. The van der Waals surface area contributed by atoms with Crippen molar-refractivity contribution in [1.82, 2.24) is 5.32 Å². The van der Waals surface area contributed by atoms with Gasteiger partial charge in [-0.05, 0) is 70.6 Å². The van der Waals surface area contributed by atoms with Gasteiger partial charge in [-0.15, -0.1) is 0 Å². The summed E-state index contributed by atoms with van der Waals surface area (Å²) in [5.41, 5.74) is 0. The first-order valence-electron chi connectivity index (χ1n) is 28.4. The number of rotatable bonds is 52. The van der Waals surface area contributed by atoms with Crippen LogP contribution in [0.5, 0.6) is 0 Å². The van der Waals surface area contributed by atoms with Gasteiger partial charge in [-0.2, -0.15) is 0 Å². The van der Waals surface area contributed by atoms with Gasteiger partial charge < -0.3 is 15.5 Å². The summed E-state index contributed by atoms with van der Waals surface area (Å²) in [6, 6.07) is -0.646. The van der Waals surface area contributed by atoms with E-state index in [9.17, 15) is 15.0 Å². The number of carbonyl (C=O) groups is 1. The zero-order valence-electron chi connectivity index (χ0n) is 42.6. The van der Waals surface area contributed by atoms with E-state index in [1.165, 1.54) is 244 Å². The molecule has 0 radical (unpaired) electrons. The van der Waals surface area contributed by atoms with Crippen LogP contribution in [0, 0.1) is 0 Å². The minimum atomic E-state index is -0.870. The van der Waals surface area contributed by atoms with E-state index in [0.29, 0.717) is 6.42 Å². The molecule has 0 aromatic heterocycles. The summed E-state index contributed by atoms with van der Waals surface area (Å²) in [5, 5.41) is 23.1. The van der Waals surface area contributed by atoms with Crippen LogP contribution in [0.3, 0.4) is 0 Å². The molecule has 0 aromatic rings. The summed E-state index contributed by atoms with van der Waals surface area (Å²) < 4.78 is 0. The van der Waals surface area contributed by atoms with E-state index < -0.39 is 12.1 Å². The van der Waals surface area contributed by atoms with E-state index >= 15 is 0 Å². The van der Waals surface area contributed by atoms with E-state index in [0.717, 1.165) is 38.5 Å². The average molecular weight is 883 g/mol. The molecule has 0 aliphatic carbocycles. The summed E-state index contributed by atoms with van der Waals surface area (Å²) in [7, 11) is 0. The van der Waals surface area contributed by atoms with Crippen molar-refractivity contribution in [3.63, 3.8) is 0 Å². The Labute approximate surface area is 394 Å². The summed E-state index contributed by atoms with van der Waals surface area (Å²) >= 11 is 0. The van der Waals surface area contributed by atoms with Crippen molar-refractivity contribution in [2.24, 2.45) is 0 Å². The van der Waals surface area contributed by atoms with Crippen LogP contribution in [0.2, 0.25) is 0 Å². The van der Waals surface area contributed by atoms with Crippen LogP contribution in [0.25, 0.3) is 0 Å². The second-order valence-corrected chi connectivity index (χ2v) is 19.3. The minimum absolute atomic E-state index is 0.0744. The molecule has 4 heteroatoms. The third-order valence-electron chi connectivity index (χ3n) is 13.0. The Kier molecular flexibility index (Phi) is 53.3. The maximum Gasteiger partial charge on any atom is 0.220 e. The average Bonchev–Trinajstić information content (AvgIpc) is 3.29. The van der Waals surface area contributed by atoms with Crippen molar-refractivity contribution in [2.45, 2.75) is 315 Å². The fourth-order valence-electron chi connectivity index (χ4n) is 8.68. The molecule has 0 saturated heterocycles. The number of carbonyl (C=O) groups excluding carboxylic acids is 1. The number of aliphatic hydroxyl groups excluding tert-OH is 2. The number of hydrogen-bond donors (Lipinski definition) is 3. The summed E-state index contributed by atoms with van der Waals surface area (Å²) in [6.07, 6.45) is 75.7. The Morgan fingerprint density at radius 1 is 0.365 bits per heavy atom. The van der Waals surface area contributed by atoms with Gasteiger partial charge in [-0.25, -0.2) is 0 Å². The smallest absolute Gasteiger partial charge is 0.220 e. The first kappa shape index (κ1) is 61.4. The fourth-order valence-corrected chi connectivity index (χ4v) is 8.68. The molecule has 2 unspecified atom stereocenters. The first-order chi connectivity index (χ1) is 31.2. The van der Waals surface area contributed by atoms with E-state index in [2.05, 4.69) is 55.6 Å². The molecule has 370 valence electrons. The van der Waals surface area contributed by atoms with Crippen LogP contribution < -0.4 is 5.32 Å². The van der Waals surface area contributed by atoms with Gasteiger partial charge >= 0.3 is 0 Å². The molecule has 1 amide bonds. The molecule has 0 heterocycles. The molecule has 0 spiro atoms. The molecule has 0 saturated carbocycles. The Morgan fingerprint density at radius 3 is 0.921 bits per heavy atom. The van der Waals surface area contributed by atoms with Crippen molar-refractivity contribution < 1.29 is 15.0 Å².